The summed E-state index contributed by atoms with van der Waals surface area (Å²) in [7, 11) is 0. The summed E-state index contributed by atoms with van der Waals surface area (Å²) < 4.78 is 14.4. The van der Waals surface area contributed by atoms with Crippen molar-refractivity contribution in [3.05, 3.63) is 58.1 Å². The molecule has 0 aliphatic carbocycles. The van der Waals surface area contributed by atoms with Crippen molar-refractivity contribution in [2.24, 2.45) is 0 Å². The number of hydrogen-bond donors (Lipinski definition) is 1. The number of hydrogen-bond acceptors (Lipinski definition) is 2. The van der Waals surface area contributed by atoms with E-state index in [1.165, 1.54) is 6.07 Å². The molecule has 0 saturated carbocycles. The van der Waals surface area contributed by atoms with Gasteiger partial charge in [0.2, 0.25) is 0 Å². The molecular formula is C13H12BrFN2. The molecule has 4 heteroatoms. The fraction of sp³-hybridized carbons (Fsp3) is 0.154. The van der Waals surface area contributed by atoms with Gasteiger partial charge in [-0.1, -0.05) is 6.07 Å². The van der Waals surface area contributed by atoms with Crippen LogP contribution in [-0.2, 0) is 6.54 Å². The van der Waals surface area contributed by atoms with E-state index in [1.807, 2.05) is 19.1 Å². The molecule has 1 heterocycles. The largest absolute Gasteiger partial charge is 0.377 e. The van der Waals surface area contributed by atoms with Crippen molar-refractivity contribution in [2.75, 3.05) is 5.32 Å². The second-order valence-electron chi connectivity index (χ2n) is 3.80. The number of benzene rings is 1. The highest BCUT2D eigenvalue weighted by molar-refractivity contribution is 9.10. The molecule has 2 nitrogen and oxygen atoms in total. The van der Waals surface area contributed by atoms with Crippen LogP contribution in [0.15, 0.2) is 41.0 Å². The van der Waals surface area contributed by atoms with E-state index in [2.05, 4.69) is 26.2 Å². The van der Waals surface area contributed by atoms with Crippen molar-refractivity contribution in [3.8, 4) is 0 Å². The van der Waals surface area contributed by atoms with Gasteiger partial charge in [0, 0.05) is 10.7 Å². The highest BCUT2D eigenvalue weighted by atomic mass is 79.9. The van der Waals surface area contributed by atoms with E-state index in [-0.39, 0.29) is 5.82 Å². The topological polar surface area (TPSA) is 24.9 Å². The average Bonchev–Trinajstić information content (AvgIpc) is 2.32. The summed E-state index contributed by atoms with van der Waals surface area (Å²) in [4.78, 5) is 4.21. The number of anilines is 1. The number of pyridine rings is 1. The van der Waals surface area contributed by atoms with Crippen LogP contribution >= 0.6 is 15.9 Å². The SMILES string of the molecule is Cc1ccc(F)c(NCc2ccc(Br)cn2)c1. The number of halogens is 2. The minimum atomic E-state index is -0.243. The molecule has 0 atom stereocenters. The zero-order valence-electron chi connectivity index (χ0n) is 9.37. The van der Waals surface area contributed by atoms with E-state index in [9.17, 15) is 4.39 Å². The van der Waals surface area contributed by atoms with Gasteiger partial charge >= 0.3 is 0 Å². The maximum absolute atomic E-state index is 13.4. The zero-order chi connectivity index (χ0) is 12.3. The molecule has 0 bridgehead atoms. The Morgan fingerprint density at radius 3 is 2.82 bits per heavy atom. The number of nitrogens with zero attached hydrogens (tertiary/aromatic N) is 1. The van der Waals surface area contributed by atoms with Crippen molar-refractivity contribution in [1.82, 2.24) is 4.98 Å². The van der Waals surface area contributed by atoms with Gasteiger partial charge in [-0.3, -0.25) is 4.98 Å². The van der Waals surface area contributed by atoms with Crippen molar-refractivity contribution in [3.63, 3.8) is 0 Å². The van der Waals surface area contributed by atoms with E-state index in [0.717, 1.165) is 15.7 Å². The third-order valence-corrected chi connectivity index (χ3v) is 2.84. The summed E-state index contributed by atoms with van der Waals surface area (Å²) in [5, 5.41) is 3.04. The first-order chi connectivity index (χ1) is 8.15. The molecule has 1 aromatic carbocycles. The molecule has 0 aliphatic rings. The third-order valence-electron chi connectivity index (χ3n) is 2.37. The maximum Gasteiger partial charge on any atom is 0.146 e. The molecule has 1 aromatic heterocycles. The number of rotatable bonds is 3. The summed E-state index contributed by atoms with van der Waals surface area (Å²) in [5.41, 5.74) is 2.40. The first-order valence-electron chi connectivity index (χ1n) is 5.25. The summed E-state index contributed by atoms with van der Waals surface area (Å²) in [6.07, 6.45) is 1.73. The van der Waals surface area contributed by atoms with Gasteiger partial charge in [-0.15, -0.1) is 0 Å². The molecule has 2 rings (SSSR count). The number of nitrogens with one attached hydrogen (secondary N) is 1. The average molecular weight is 295 g/mol. The smallest absolute Gasteiger partial charge is 0.146 e. The fourth-order valence-electron chi connectivity index (χ4n) is 1.47. The monoisotopic (exact) mass is 294 g/mol. The van der Waals surface area contributed by atoms with Crippen LogP contribution in [-0.4, -0.2) is 4.98 Å². The van der Waals surface area contributed by atoms with Crippen LogP contribution in [0, 0.1) is 12.7 Å². The quantitative estimate of drug-likeness (QED) is 0.928. The maximum atomic E-state index is 13.4. The van der Waals surface area contributed by atoms with Crippen LogP contribution in [0.3, 0.4) is 0 Å². The van der Waals surface area contributed by atoms with Crippen molar-refractivity contribution >= 4 is 21.6 Å². The Balaban J connectivity index is 2.07. The molecule has 0 fully saturated rings. The lowest BCUT2D eigenvalue weighted by atomic mass is 10.2. The van der Waals surface area contributed by atoms with E-state index in [4.69, 9.17) is 0 Å². The van der Waals surface area contributed by atoms with Gasteiger partial charge in [-0.2, -0.15) is 0 Å². The second kappa shape index (κ2) is 5.27. The van der Waals surface area contributed by atoms with Crippen molar-refractivity contribution in [1.29, 1.82) is 0 Å². The normalized spacial score (nSPS) is 10.3. The molecule has 0 aliphatic heterocycles. The predicted molar refractivity (Wildman–Crippen MR) is 70.4 cm³/mol. The molecule has 0 saturated heterocycles. The molecule has 0 radical (unpaired) electrons. The van der Waals surface area contributed by atoms with Crippen LogP contribution in [0.25, 0.3) is 0 Å². The van der Waals surface area contributed by atoms with Crippen LogP contribution in [0.1, 0.15) is 11.3 Å². The van der Waals surface area contributed by atoms with E-state index in [1.54, 1.807) is 18.3 Å². The highest BCUT2D eigenvalue weighted by Gasteiger charge is 2.02. The lowest BCUT2D eigenvalue weighted by Gasteiger charge is -2.08. The molecule has 88 valence electrons. The van der Waals surface area contributed by atoms with E-state index < -0.39 is 0 Å². The summed E-state index contributed by atoms with van der Waals surface area (Å²) in [6, 6.07) is 8.81. The van der Waals surface area contributed by atoms with E-state index >= 15 is 0 Å². The molecule has 0 unspecified atom stereocenters. The summed E-state index contributed by atoms with van der Waals surface area (Å²) >= 11 is 3.32. The first kappa shape index (κ1) is 12.0. The predicted octanol–water partition coefficient (Wildman–Crippen LogP) is 3.90. The fourth-order valence-corrected chi connectivity index (χ4v) is 1.71. The Bertz CT molecular complexity index is 511. The Morgan fingerprint density at radius 1 is 1.29 bits per heavy atom. The molecule has 0 spiro atoms. The van der Waals surface area contributed by atoms with Gasteiger partial charge in [0.1, 0.15) is 5.82 Å². The first-order valence-corrected chi connectivity index (χ1v) is 6.05. The minimum absolute atomic E-state index is 0.243. The van der Waals surface area contributed by atoms with Crippen LogP contribution in [0.5, 0.6) is 0 Å². The Labute approximate surface area is 108 Å². The Hall–Kier alpha value is -1.42. The third kappa shape index (κ3) is 3.27. The summed E-state index contributed by atoms with van der Waals surface area (Å²) in [5.74, 6) is -0.243. The van der Waals surface area contributed by atoms with Crippen LogP contribution in [0.4, 0.5) is 10.1 Å². The second-order valence-corrected chi connectivity index (χ2v) is 4.72. The van der Waals surface area contributed by atoms with Crippen LogP contribution < -0.4 is 5.32 Å². The van der Waals surface area contributed by atoms with Gasteiger partial charge < -0.3 is 5.32 Å². The van der Waals surface area contributed by atoms with Gasteiger partial charge in [0.25, 0.3) is 0 Å². The van der Waals surface area contributed by atoms with E-state index in [0.29, 0.717) is 12.2 Å². The number of aryl methyl sites for hydroxylation is 1. The van der Waals surface area contributed by atoms with Crippen LogP contribution in [0.2, 0.25) is 0 Å². The van der Waals surface area contributed by atoms with Gasteiger partial charge in [0.05, 0.1) is 17.9 Å². The molecule has 2 aromatic rings. The summed E-state index contributed by atoms with van der Waals surface area (Å²) in [6.45, 7) is 2.44. The zero-order valence-corrected chi connectivity index (χ0v) is 11.0. The molecule has 0 amide bonds. The lowest BCUT2D eigenvalue weighted by molar-refractivity contribution is 0.629. The molecule has 1 N–H and O–H groups in total. The highest BCUT2D eigenvalue weighted by Crippen LogP contribution is 2.16. The molecule has 17 heavy (non-hydrogen) atoms. The lowest BCUT2D eigenvalue weighted by Crippen LogP contribution is -2.03. The number of aromatic nitrogens is 1. The van der Waals surface area contributed by atoms with Gasteiger partial charge in [-0.05, 0) is 52.7 Å². The standard InChI is InChI=1S/C13H12BrFN2/c1-9-2-5-12(15)13(6-9)17-8-11-4-3-10(14)7-16-11/h2-7,17H,8H2,1H3. The van der Waals surface area contributed by atoms with Gasteiger partial charge in [0.15, 0.2) is 0 Å². The Morgan fingerprint density at radius 2 is 2.12 bits per heavy atom. The molecular weight excluding hydrogens is 283 g/mol. The minimum Gasteiger partial charge on any atom is -0.377 e. The van der Waals surface area contributed by atoms with Crippen molar-refractivity contribution in [2.45, 2.75) is 13.5 Å². The van der Waals surface area contributed by atoms with Crippen molar-refractivity contribution < 1.29 is 4.39 Å². The Kier molecular flexibility index (Phi) is 3.74. The van der Waals surface area contributed by atoms with Gasteiger partial charge in [-0.25, -0.2) is 4.39 Å².